The van der Waals surface area contributed by atoms with E-state index in [1.165, 1.54) is 11.1 Å². The van der Waals surface area contributed by atoms with E-state index in [9.17, 15) is 0 Å². The summed E-state index contributed by atoms with van der Waals surface area (Å²) in [7, 11) is 1.71. The molecule has 3 rings (SSSR count). The summed E-state index contributed by atoms with van der Waals surface area (Å²) in [5.74, 6) is 0.921. The monoisotopic (exact) mass is 312 g/mol. The van der Waals surface area contributed by atoms with Crippen molar-refractivity contribution in [3.05, 3.63) is 59.7 Å². The summed E-state index contributed by atoms with van der Waals surface area (Å²) in [6, 6.07) is 16.6. The zero-order valence-electron chi connectivity index (χ0n) is 12.6. The number of benzene rings is 2. The van der Waals surface area contributed by atoms with E-state index in [-0.39, 0.29) is 6.04 Å². The van der Waals surface area contributed by atoms with Crippen LogP contribution in [0.2, 0.25) is 0 Å². The predicted molar refractivity (Wildman–Crippen MR) is 94.5 cm³/mol. The van der Waals surface area contributed by atoms with Crippen molar-refractivity contribution in [3.63, 3.8) is 0 Å². The molecule has 2 aromatic rings. The van der Waals surface area contributed by atoms with Crippen molar-refractivity contribution in [2.75, 3.05) is 12.4 Å². The fraction of sp³-hybridized carbons (Fsp3) is 0.278. The summed E-state index contributed by atoms with van der Waals surface area (Å²) >= 11 is 5.45. The zero-order valence-corrected chi connectivity index (χ0v) is 13.5. The van der Waals surface area contributed by atoms with Crippen LogP contribution in [0.15, 0.2) is 48.5 Å². The second-order valence-corrected chi connectivity index (χ2v) is 5.88. The first kappa shape index (κ1) is 14.9. The molecule has 1 aliphatic carbocycles. The first-order valence-corrected chi connectivity index (χ1v) is 7.96. The van der Waals surface area contributed by atoms with Crippen molar-refractivity contribution < 1.29 is 4.74 Å². The number of aryl methyl sites for hydroxylation is 1. The molecule has 0 saturated carbocycles. The van der Waals surface area contributed by atoms with E-state index in [2.05, 4.69) is 22.8 Å². The Morgan fingerprint density at radius 1 is 1.18 bits per heavy atom. The molecule has 0 bridgehead atoms. The fourth-order valence-electron chi connectivity index (χ4n) is 2.91. The van der Waals surface area contributed by atoms with Crippen LogP contribution in [-0.2, 0) is 6.42 Å². The molecule has 0 amide bonds. The lowest BCUT2D eigenvalue weighted by Crippen LogP contribution is -2.34. The maximum absolute atomic E-state index is 5.45. The summed E-state index contributed by atoms with van der Waals surface area (Å²) in [6.45, 7) is 0. The Morgan fingerprint density at radius 2 is 2.00 bits per heavy atom. The quantitative estimate of drug-likeness (QED) is 0.838. The van der Waals surface area contributed by atoms with Crippen LogP contribution in [0.1, 0.15) is 30.0 Å². The van der Waals surface area contributed by atoms with Gasteiger partial charge in [0.05, 0.1) is 13.2 Å². The molecule has 2 aromatic carbocycles. The maximum atomic E-state index is 5.45. The van der Waals surface area contributed by atoms with E-state index in [1.807, 2.05) is 36.4 Å². The van der Waals surface area contributed by atoms with Gasteiger partial charge in [-0.15, -0.1) is 0 Å². The molecular weight excluding hydrogens is 292 g/mol. The van der Waals surface area contributed by atoms with E-state index >= 15 is 0 Å². The average Bonchev–Trinajstić information content (AvgIpc) is 2.55. The lowest BCUT2D eigenvalue weighted by atomic mass is 9.87. The van der Waals surface area contributed by atoms with E-state index in [4.69, 9.17) is 17.0 Å². The molecule has 0 aliphatic heterocycles. The largest absolute Gasteiger partial charge is 0.497 e. The molecule has 3 nitrogen and oxygen atoms in total. The SMILES string of the molecule is COc1ccc2c(c1)CCC[C@@H]2NC(=S)Nc1ccccc1. The highest BCUT2D eigenvalue weighted by molar-refractivity contribution is 7.80. The minimum absolute atomic E-state index is 0.262. The molecular formula is C18H20N2OS. The van der Waals surface area contributed by atoms with Gasteiger partial charge >= 0.3 is 0 Å². The summed E-state index contributed by atoms with van der Waals surface area (Å²) in [6.07, 6.45) is 3.35. The molecule has 0 saturated heterocycles. The third kappa shape index (κ3) is 3.39. The zero-order chi connectivity index (χ0) is 15.4. The van der Waals surface area contributed by atoms with Crippen molar-refractivity contribution >= 4 is 23.0 Å². The van der Waals surface area contributed by atoms with Crippen LogP contribution in [0.4, 0.5) is 5.69 Å². The van der Waals surface area contributed by atoms with Crippen LogP contribution in [0.5, 0.6) is 5.75 Å². The number of nitrogens with one attached hydrogen (secondary N) is 2. The predicted octanol–water partition coefficient (Wildman–Crippen LogP) is 4.06. The number of para-hydroxylation sites is 1. The van der Waals surface area contributed by atoms with E-state index in [0.717, 1.165) is 30.7 Å². The molecule has 1 atom stereocenters. The Labute approximate surface area is 136 Å². The molecule has 0 unspecified atom stereocenters. The van der Waals surface area contributed by atoms with Crippen LogP contribution in [0, 0.1) is 0 Å². The molecule has 1 aliphatic rings. The topological polar surface area (TPSA) is 33.3 Å². The molecule has 0 heterocycles. The number of fused-ring (bicyclic) bond motifs is 1. The first-order chi connectivity index (χ1) is 10.8. The highest BCUT2D eigenvalue weighted by Crippen LogP contribution is 2.32. The Balaban J connectivity index is 1.70. The van der Waals surface area contributed by atoms with E-state index in [0.29, 0.717) is 5.11 Å². The third-order valence-corrected chi connectivity index (χ3v) is 4.22. The van der Waals surface area contributed by atoms with Crippen LogP contribution < -0.4 is 15.4 Å². The Kier molecular flexibility index (Phi) is 4.59. The second-order valence-electron chi connectivity index (χ2n) is 5.47. The number of hydrogen-bond acceptors (Lipinski definition) is 2. The van der Waals surface area contributed by atoms with Crippen LogP contribution >= 0.6 is 12.2 Å². The van der Waals surface area contributed by atoms with Gasteiger partial charge in [-0.1, -0.05) is 24.3 Å². The molecule has 4 heteroatoms. The molecule has 0 aromatic heterocycles. The number of rotatable bonds is 3. The fourth-order valence-corrected chi connectivity index (χ4v) is 3.17. The van der Waals surface area contributed by atoms with Gasteiger partial charge in [-0.05, 0) is 66.9 Å². The van der Waals surface area contributed by atoms with Crippen LogP contribution in [0.3, 0.4) is 0 Å². The molecule has 114 valence electrons. The number of hydrogen-bond donors (Lipinski definition) is 2. The van der Waals surface area contributed by atoms with Crippen molar-refractivity contribution in [2.24, 2.45) is 0 Å². The van der Waals surface area contributed by atoms with E-state index in [1.54, 1.807) is 7.11 Å². The van der Waals surface area contributed by atoms with E-state index < -0.39 is 0 Å². The standard InChI is InChI=1S/C18H20N2OS/c1-21-15-10-11-16-13(12-15)6-5-9-17(16)20-18(22)19-14-7-3-2-4-8-14/h2-4,7-8,10-12,17H,5-6,9H2,1H3,(H2,19,20,22)/t17-/m0/s1. The van der Waals surface area contributed by atoms with Gasteiger partial charge in [-0.25, -0.2) is 0 Å². The van der Waals surface area contributed by atoms with Crippen molar-refractivity contribution in [1.29, 1.82) is 0 Å². The van der Waals surface area contributed by atoms with Gasteiger partial charge in [0.2, 0.25) is 0 Å². The summed E-state index contributed by atoms with van der Waals surface area (Å²) < 4.78 is 5.32. The average molecular weight is 312 g/mol. The van der Waals surface area contributed by atoms with Crippen molar-refractivity contribution in [2.45, 2.75) is 25.3 Å². The smallest absolute Gasteiger partial charge is 0.171 e. The van der Waals surface area contributed by atoms with Gasteiger partial charge in [0.1, 0.15) is 5.75 Å². The Morgan fingerprint density at radius 3 is 2.77 bits per heavy atom. The lowest BCUT2D eigenvalue weighted by Gasteiger charge is -2.28. The normalized spacial score (nSPS) is 16.5. The number of methoxy groups -OCH3 is 1. The highest BCUT2D eigenvalue weighted by atomic mass is 32.1. The number of anilines is 1. The van der Waals surface area contributed by atoms with Crippen LogP contribution in [-0.4, -0.2) is 12.2 Å². The van der Waals surface area contributed by atoms with Crippen LogP contribution in [0.25, 0.3) is 0 Å². The molecule has 0 radical (unpaired) electrons. The van der Waals surface area contributed by atoms with Gasteiger partial charge in [-0.3, -0.25) is 0 Å². The molecule has 0 fully saturated rings. The van der Waals surface area contributed by atoms with Gasteiger partial charge in [0.15, 0.2) is 5.11 Å². The number of thiocarbonyl (C=S) groups is 1. The van der Waals surface area contributed by atoms with Crippen molar-refractivity contribution in [3.8, 4) is 5.75 Å². The first-order valence-electron chi connectivity index (χ1n) is 7.55. The molecule has 2 N–H and O–H groups in total. The third-order valence-electron chi connectivity index (χ3n) is 4.00. The summed E-state index contributed by atoms with van der Waals surface area (Å²) in [4.78, 5) is 0. The maximum Gasteiger partial charge on any atom is 0.171 e. The Hall–Kier alpha value is -2.07. The lowest BCUT2D eigenvalue weighted by molar-refractivity contribution is 0.412. The summed E-state index contributed by atoms with van der Waals surface area (Å²) in [5.41, 5.74) is 3.68. The minimum Gasteiger partial charge on any atom is -0.497 e. The number of ether oxygens (including phenoxy) is 1. The second kappa shape index (κ2) is 6.79. The summed E-state index contributed by atoms with van der Waals surface area (Å²) in [5, 5.41) is 7.35. The molecule has 22 heavy (non-hydrogen) atoms. The van der Waals surface area contributed by atoms with Gasteiger partial charge in [-0.2, -0.15) is 0 Å². The van der Waals surface area contributed by atoms with Gasteiger partial charge in [0, 0.05) is 5.69 Å². The Bertz CT molecular complexity index is 657. The van der Waals surface area contributed by atoms with Gasteiger partial charge < -0.3 is 15.4 Å². The molecule has 0 spiro atoms. The van der Waals surface area contributed by atoms with Gasteiger partial charge in [0.25, 0.3) is 0 Å². The minimum atomic E-state index is 0.262. The van der Waals surface area contributed by atoms with Crippen molar-refractivity contribution in [1.82, 2.24) is 5.32 Å². The highest BCUT2D eigenvalue weighted by Gasteiger charge is 2.21.